The first-order valence-corrected chi connectivity index (χ1v) is 9.04. The molecule has 0 aromatic carbocycles. The highest BCUT2D eigenvalue weighted by atomic mass is 32.2. The van der Waals surface area contributed by atoms with E-state index in [0.717, 1.165) is 37.0 Å². The first-order valence-electron chi connectivity index (χ1n) is 7.99. The second-order valence-electron chi connectivity index (χ2n) is 6.41. The maximum Gasteiger partial charge on any atom is 0.162 e. The van der Waals surface area contributed by atoms with Gasteiger partial charge in [0, 0.05) is 23.7 Å². The Balaban J connectivity index is 2.51. The van der Waals surface area contributed by atoms with Crippen molar-refractivity contribution in [2.75, 3.05) is 5.75 Å². The number of ketones is 1. The number of Topliss-reactive ketones (excluding diaryl/α,β-unsaturated/α-hetero) is 1. The quantitative estimate of drug-likeness (QED) is 0.674. The summed E-state index contributed by atoms with van der Waals surface area (Å²) in [5.41, 5.74) is 0.720. The summed E-state index contributed by atoms with van der Waals surface area (Å²) in [7, 11) is 0. The predicted molar refractivity (Wildman–Crippen MR) is 88.3 cm³/mol. The molecule has 0 saturated carbocycles. The first kappa shape index (κ1) is 17.6. The Labute approximate surface area is 128 Å². The van der Waals surface area contributed by atoms with E-state index in [4.69, 9.17) is 0 Å². The van der Waals surface area contributed by atoms with Gasteiger partial charge in [0.05, 0.1) is 5.76 Å². The van der Waals surface area contributed by atoms with Crippen molar-refractivity contribution in [3.8, 4) is 0 Å². The standard InChI is InChI=1S/C17H30O2S/c1-5-20-13(4)9-14-10-16(18)15(17(19)11-14)8-6-7-12(2)3/h12-14,18H,5-11H2,1-4H3. The van der Waals surface area contributed by atoms with Crippen molar-refractivity contribution in [1.82, 2.24) is 0 Å². The molecule has 0 aliphatic heterocycles. The van der Waals surface area contributed by atoms with Crippen LogP contribution in [0.25, 0.3) is 0 Å². The lowest BCUT2D eigenvalue weighted by Crippen LogP contribution is -2.22. The summed E-state index contributed by atoms with van der Waals surface area (Å²) in [6, 6.07) is 0. The number of carbonyl (C=O) groups is 1. The molecule has 1 rings (SSSR count). The van der Waals surface area contributed by atoms with Crippen LogP contribution < -0.4 is 0 Å². The van der Waals surface area contributed by atoms with Gasteiger partial charge in [0.15, 0.2) is 5.78 Å². The Hall–Kier alpha value is -0.440. The number of thioether (sulfide) groups is 1. The SMILES string of the molecule is CCSC(C)CC1CC(=O)C(CCCC(C)C)=C(O)C1. The van der Waals surface area contributed by atoms with Crippen LogP contribution in [0.1, 0.15) is 66.2 Å². The van der Waals surface area contributed by atoms with Gasteiger partial charge >= 0.3 is 0 Å². The minimum absolute atomic E-state index is 0.191. The number of hydrogen-bond donors (Lipinski definition) is 1. The van der Waals surface area contributed by atoms with Crippen LogP contribution in [0, 0.1) is 11.8 Å². The molecule has 1 N–H and O–H groups in total. The van der Waals surface area contributed by atoms with Crippen molar-refractivity contribution in [3.63, 3.8) is 0 Å². The minimum atomic E-state index is 0.191. The van der Waals surface area contributed by atoms with E-state index in [0.29, 0.717) is 35.7 Å². The Morgan fingerprint density at radius 1 is 1.30 bits per heavy atom. The fourth-order valence-electron chi connectivity index (χ4n) is 2.97. The minimum Gasteiger partial charge on any atom is -0.512 e. The molecule has 3 heteroatoms. The summed E-state index contributed by atoms with van der Waals surface area (Å²) in [6.07, 6.45) is 5.27. The second-order valence-corrected chi connectivity index (χ2v) is 8.13. The third-order valence-electron chi connectivity index (χ3n) is 3.97. The number of rotatable bonds is 8. The molecule has 20 heavy (non-hydrogen) atoms. The Morgan fingerprint density at radius 3 is 2.55 bits per heavy atom. The van der Waals surface area contributed by atoms with Crippen molar-refractivity contribution in [1.29, 1.82) is 0 Å². The fourth-order valence-corrected chi connectivity index (χ4v) is 3.95. The molecule has 116 valence electrons. The zero-order valence-corrected chi connectivity index (χ0v) is 14.3. The van der Waals surface area contributed by atoms with Crippen LogP contribution >= 0.6 is 11.8 Å². The summed E-state index contributed by atoms with van der Waals surface area (Å²) in [6.45, 7) is 8.77. The Kier molecular flexibility index (Phi) is 7.71. The van der Waals surface area contributed by atoms with Crippen molar-refractivity contribution in [3.05, 3.63) is 11.3 Å². The third-order valence-corrected chi connectivity index (χ3v) is 5.06. The molecular weight excluding hydrogens is 268 g/mol. The fraction of sp³-hybridized carbons (Fsp3) is 0.824. The highest BCUT2D eigenvalue weighted by molar-refractivity contribution is 7.99. The molecule has 2 atom stereocenters. The van der Waals surface area contributed by atoms with Gasteiger partial charge in [-0.2, -0.15) is 11.8 Å². The molecule has 0 fully saturated rings. The number of allylic oxidation sites excluding steroid dienone is 2. The highest BCUT2D eigenvalue weighted by Gasteiger charge is 2.28. The van der Waals surface area contributed by atoms with Crippen LogP contribution in [0.4, 0.5) is 0 Å². The van der Waals surface area contributed by atoms with Crippen molar-refractivity contribution >= 4 is 17.5 Å². The van der Waals surface area contributed by atoms with E-state index in [2.05, 4.69) is 27.7 Å². The molecule has 2 unspecified atom stereocenters. The van der Waals surface area contributed by atoms with Crippen molar-refractivity contribution < 1.29 is 9.90 Å². The maximum atomic E-state index is 12.2. The van der Waals surface area contributed by atoms with Gasteiger partial charge in [0.2, 0.25) is 0 Å². The molecule has 0 aromatic rings. The molecule has 2 nitrogen and oxygen atoms in total. The van der Waals surface area contributed by atoms with Crippen molar-refractivity contribution in [2.45, 2.75) is 71.5 Å². The van der Waals surface area contributed by atoms with Crippen LogP contribution in [0.5, 0.6) is 0 Å². The van der Waals surface area contributed by atoms with Crippen LogP contribution in [-0.2, 0) is 4.79 Å². The molecule has 0 spiro atoms. The van der Waals surface area contributed by atoms with E-state index in [1.54, 1.807) is 0 Å². The monoisotopic (exact) mass is 298 g/mol. The average Bonchev–Trinajstić information content (AvgIpc) is 2.32. The lowest BCUT2D eigenvalue weighted by Gasteiger charge is -2.25. The van der Waals surface area contributed by atoms with Crippen LogP contribution in [0.15, 0.2) is 11.3 Å². The number of aliphatic hydroxyl groups excluding tert-OH is 1. The summed E-state index contributed by atoms with van der Waals surface area (Å²) in [5, 5.41) is 10.7. The van der Waals surface area contributed by atoms with Gasteiger partial charge in [-0.05, 0) is 36.9 Å². The van der Waals surface area contributed by atoms with Crippen LogP contribution in [0.3, 0.4) is 0 Å². The van der Waals surface area contributed by atoms with E-state index in [1.165, 1.54) is 0 Å². The molecule has 0 bridgehead atoms. The van der Waals surface area contributed by atoms with E-state index in [9.17, 15) is 9.90 Å². The maximum absolute atomic E-state index is 12.2. The summed E-state index contributed by atoms with van der Waals surface area (Å²) in [4.78, 5) is 12.2. The molecule has 0 amide bonds. The molecule has 0 saturated heterocycles. The number of aliphatic hydroxyl groups is 1. The van der Waals surface area contributed by atoms with E-state index < -0.39 is 0 Å². The van der Waals surface area contributed by atoms with Crippen molar-refractivity contribution in [2.24, 2.45) is 11.8 Å². The predicted octanol–water partition coefficient (Wildman–Crippen LogP) is 5.14. The number of hydrogen-bond acceptors (Lipinski definition) is 3. The highest BCUT2D eigenvalue weighted by Crippen LogP contribution is 2.33. The average molecular weight is 298 g/mol. The van der Waals surface area contributed by atoms with Gasteiger partial charge in [0.25, 0.3) is 0 Å². The molecular formula is C17H30O2S. The van der Waals surface area contributed by atoms with E-state index >= 15 is 0 Å². The molecule has 0 aromatic heterocycles. The smallest absolute Gasteiger partial charge is 0.162 e. The van der Waals surface area contributed by atoms with Gasteiger partial charge in [-0.25, -0.2) is 0 Å². The summed E-state index contributed by atoms with van der Waals surface area (Å²) >= 11 is 1.94. The zero-order chi connectivity index (χ0) is 15.1. The second kappa shape index (κ2) is 8.76. The largest absolute Gasteiger partial charge is 0.512 e. The van der Waals surface area contributed by atoms with Gasteiger partial charge in [-0.15, -0.1) is 0 Å². The molecule has 1 aliphatic rings. The topological polar surface area (TPSA) is 37.3 Å². The van der Waals surface area contributed by atoms with Crippen LogP contribution in [0.2, 0.25) is 0 Å². The molecule has 1 aliphatic carbocycles. The van der Waals surface area contributed by atoms with Crippen LogP contribution in [-0.4, -0.2) is 21.9 Å². The zero-order valence-electron chi connectivity index (χ0n) is 13.4. The van der Waals surface area contributed by atoms with Gasteiger partial charge < -0.3 is 5.11 Å². The van der Waals surface area contributed by atoms with Gasteiger partial charge in [-0.1, -0.05) is 34.1 Å². The molecule has 0 radical (unpaired) electrons. The van der Waals surface area contributed by atoms with Gasteiger partial charge in [-0.3, -0.25) is 4.79 Å². The van der Waals surface area contributed by atoms with Gasteiger partial charge in [0.1, 0.15) is 0 Å². The summed E-state index contributed by atoms with van der Waals surface area (Å²) < 4.78 is 0. The normalized spacial score (nSPS) is 21.6. The first-order chi connectivity index (χ1) is 9.43. The lowest BCUT2D eigenvalue weighted by atomic mass is 9.82. The number of carbonyl (C=O) groups excluding carboxylic acids is 1. The molecule has 0 heterocycles. The lowest BCUT2D eigenvalue weighted by molar-refractivity contribution is -0.117. The summed E-state index contributed by atoms with van der Waals surface area (Å²) in [5.74, 6) is 2.69. The third kappa shape index (κ3) is 5.90. The van der Waals surface area contributed by atoms with E-state index in [-0.39, 0.29) is 5.78 Å². The Bertz CT molecular complexity index is 347. The van der Waals surface area contributed by atoms with E-state index in [1.807, 2.05) is 11.8 Å². The Morgan fingerprint density at radius 2 is 2.00 bits per heavy atom.